The number of hydrogen-bond acceptors (Lipinski definition) is 3. The highest BCUT2D eigenvalue weighted by molar-refractivity contribution is 7.92. The Morgan fingerprint density at radius 3 is 2.30 bits per heavy atom. The Hall–Kier alpha value is -3.12. The number of nitrogens with zero attached hydrogens (tertiary/aromatic N) is 1. The van der Waals surface area contributed by atoms with Crippen molar-refractivity contribution in [2.24, 2.45) is 0 Å². The van der Waals surface area contributed by atoms with Crippen LogP contribution >= 0.6 is 0 Å². The molecule has 30 heavy (non-hydrogen) atoms. The first-order valence-electron chi connectivity index (χ1n) is 9.88. The molecular formula is C24H24N2O3S. The summed E-state index contributed by atoms with van der Waals surface area (Å²) >= 11 is 0. The van der Waals surface area contributed by atoms with Crippen molar-refractivity contribution in [3.63, 3.8) is 0 Å². The number of benzene rings is 3. The summed E-state index contributed by atoms with van der Waals surface area (Å²) in [4.78, 5) is 13.0. The van der Waals surface area contributed by atoms with Gasteiger partial charge in [0, 0.05) is 17.3 Å². The fourth-order valence-electron chi connectivity index (χ4n) is 4.07. The van der Waals surface area contributed by atoms with Gasteiger partial charge in [-0.25, -0.2) is 8.42 Å². The second-order valence-electron chi connectivity index (χ2n) is 7.84. The normalized spacial score (nSPS) is 15.7. The summed E-state index contributed by atoms with van der Waals surface area (Å²) in [5.74, 6) is -0.209. The van der Waals surface area contributed by atoms with Gasteiger partial charge in [0.2, 0.25) is 0 Å². The molecule has 0 radical (unpaired) electrons. The highest BCUT2D eigenvalue weighted by Crippen LogP contribution is 2.37. The first-order valence-corrected chi connectivity index (χ1v) is 11.3. The van der Waals surface area contributed by atoms with Crippen molar-refractivity contribution in [2.75, 3.05) is 9.62 Å². The van der Waals surface area contributed by atoms with Crippen LogP contribution in [0.15, 0.2) is 71.6 Å². The van der Waals surface area contributed by atoms with E-state index < -0.39 is 10.0 Å². The SMILES string of the molecule is Cc1cc(C)cc(NC(=O)c2ccc3c(c2)C[C@H](C)N3S(=O)(=O)c2ccccc2)c1. The van der Waals surface area contributed by atoms with Crippen molar-refractivity contribution in [3.05, 3.63) is 89.0 Å². The van der Waals surface area contributed by atoms with Crippen molar-refractivity contribution in [2.45, 2.75) is 38.1 Å². The van der Waals surface area contributed by atoms with Gasteiger partial charge in [0.1, 0.15) is 0 Å². The lowest BCUT2D eigenvalue weighted by molar-refractivity contribution is 0.102. The number of hydrogen-bond donors (Lipinski definition) is 1. The lowest BCUT2D eigenvalue weighted by Crippen LogP contribution is -2.35. The molecule has 1 aliphatic rings. The van der Waals surface area contributed by atoms with Crippen molar-refractivity contribution >= 4 is 27.3 Å². The van der Waals surface area contributed by atoms with Crippen LogP contribution in [0.3, 0.4) is 0 Å². The van der Waals surface area contributed by atoms with Gasteiger partial charge in [-0.15, -0.1) is 0 Å². The van der Waals surface area contributed by atoms with Gasteiger partial charge in [-0.1, -0.05) is 24.3 Å². The maximum absolute atomic E-state index is 13.2. The van der Waals surface area contributed by atoms with E-state index >= 15 is 0 Å². The number of rotatable bonds is 4. The first kappa shape index (κ1) is 20.2. The van der Waals surface area contributed by atoms with Crippen LogP contribution in [0.2, 0.25) is 0 Å². The summed E-state index contributed by atoms with van der Waals surface area (Å²) in [7, 11) is -3.66. The Morgan fingerprint density at radius 1 is 0.967 bits per heavy atom. The number of aryl methyl sites for hydroxylation is 2. The van der Waals surface area contributed by atoms with E-state index in [1.54, 1.807) is 48.5 Å². The first-order chi connectivity index (χ1) is 14.3. The van der Waals surface area contributed by atoms with Crippen molar-refractivity contribution in [3.8, 4) is 0 Å². The monoisotopic (exact) mass is 420 g/mol. The fourth-order valence-corrected chi connectivity index (χ4v) is 5.78. The molecule has 0 aromatic heterocycles. The molecule has 154 valence electrons. The van der Waals surface area contributed by atoms with Crippen LogP contribution < -0.4 is 9.62 Å². The van der Waals surface area contributed by atoms with Gasteiger partial charge in [0.25, 0.3) is 15.9 Å². The van der Waals surface area contributed by atoms with Crippen LogP contribution in [0.1, 0.15) is 34.0 Å². The lowest BCUT2D eigenvalue weighted by Gasteiger charge is -2.24. The summed E-state index contributed by atoms with van der Waals surface area (Å²) in [6, 6.07) is 19.3. The van der Waals surface area contributed by atoms with E-state index in [4.69, 9.17) is 0 Å². The van der Waals surface area contributed by atoms with E-state index in [1.807, 2.05) is 39.0 Å². The average Bonchev–Trinajstić information content (AvgIpc) is 3.03. The van der Waals surface area contributed by atoms with Crippen molar-refractivity contribution < 1.29 is 13.2 Å². The van der Waals surface area contributed by atoms with E-state index in [2.05, 4.69) is 5.32 Å². The standard InChI is InChI=1S/C24H24N2O3S/c1-16-11-17(2)13-21(12-16)25-24(27)19-9-10-23-20(15-19)14-18(3)26(23)30(28,29)22-7-5-4-6-8-22/h4-13,15,18H,14H2,1-3H3,(H,25,27)/t18-/m0/s1. The molecule has 0 saturated carbocycles. The quantitative estimate of drug-likeness (QED) is 0.666. The number of sulfonamides is 1. The summed E-state index contributed by atoms with van der Waals surface area (Å²) in [5, 5.41) is 2.94. The van der Waals surface area contributed by atoms with Crippen LogP contribution in [0.5, 0.6) is 0 Å². The number of amides is 1. The Morgan fingerprint density at radius 2 is 1.63 bits per heavy atom. The fraction of sp³-hybridized carbons (Fsp3) is 0.208. The predicted octanol–water partition coefficient (Wildman–Crippen LogP) is 4.70. The Bertz CT molecular complexity index is 1200. The minimum absolute atomic E-state index is 0.209. The second kappa shape index (κ2) is 7.61. The lowest BCUT2D eigenvalue weighted by atomic mass is 10.1. The topological polar surface area (TPSA) is 66.5 Å². The Labute approximate surface area is 177 Å². The molecule has 5 nitrogen and oxygen atoms in total. The minimum atomic E-state index is -3.66. The maximum atomic E-state index is 13.2. The Balaban J connectivity index is 1.63. The summed E-state index contributed by atoms with van der Waals surface area (Å²) in [6.07, 6.45) is 0.562. The number of carbonyl (C=O) groups is 1. The highest BCUT2D eigenvalue weighted by atomic mass is 32.2. The smallest absolute Gasteiger partial charge is 0.264 e. The molecule has 6 heteroatoms. The number of nitrogens with one attached hydrogen (secondary N) is 1. The van der Waals surface area contributed by atoms with Gasteiger partial charge in [0.15, 0.2) is 0 Å². The number of fused-ring (bicyclic) bond motifs is 1. The molecule has 0 bridgehead atoms. The molecule has 0 fully saturated rings. The van der Waals surface area contributed by atoms with Crippen LogP contribution in [0, 0.1) is 13.8 Å². The molecule has 1 aliphatic heterocycles. The summed E-state index contributed by atoms with van der Waals surface area (Å²) in [5.41, 5.74) is 4.91. The van der Waals surface area contributed by atoms with E-state index in [-0.39, 0.29) is 16.8 Å². The van der Waals surface area contributed by atoms with E-state index in [1.165, 1.54) is 4.31 Å². The van der Waals surface area contributed by atoms with Gasteiger partial charge in [0.05, 0.1) is 10.6 Å². The largest absolute Gasteiger partial charge is 0.322 e. The summed E-state index contributed by atoms with van der Waals surface area (Å²) < 4.78 is 27.8. The van der Waals surface area contributed by atoms with E-state index in [9.17, 15) is 13.2 Å². The van der Waals surface area contributed by atoms with Crippen molar-refractivity contribution in [1.29, 1.82) is 0 Å². The summed E-state index contributed by atoms with van der Waals surface area (Å²) in [6.45, 7) is 5.86. The Kier molecular flexibility index (Phi) is 5.12. The molecule has 0 spiro atoms. The second-order valence-corrected chi connectivity index (χ2v) is 9.66. The third-order valence-corrected chi connectivity index (χ3v) is 7.22. The van der Waals surface area contributed by atoms with Crippen LogP contribution in [0.4, 0.5) is 11.4 Å². The zero-order valence-electron chi connectivity index (χ0n) is 17.2. The maximum Gasteiger partial charge on any atom is 0.264 e. The van der Waals surface area contributed by atoms with Crippen LogP contribution in [-0.4, -0.2) is 20.4 Å². The van der Waals surface area contributed by atoms with Gasteiger partial charge >= 0.3 is 0 Å². The molecular weight excluding hydrogens is 396 g/mol. The minimum Gasteiger partial charge on any atom is -0.322 e. The van der Waals surface area contributed by atoms with Gasteiger partial charge in [-0.05, 0) is 86.3 Å². The van der Waals surface area contributed by atoms with E-state index in [0.29, 0.717) is 17.7 Å². The molecule has 1 N–H and O–H groups in total. The molecule has 3 aromatic carbocycles. The molecule has 0 saturated heterocycles. The molecule has 3 aromatic rings. The van der Waals surface area contributed by atoms with Gasteiger partial charge < -0.3 is 5.32 Å². The third kappa shape index (κ3) is 3.71. The highest BCUT2D eigenvalue weighted by Gasteiger charge is 2.36. The molecule has 4 rings (SSSR count). The zero-order chi connectivity index (χ0) is 21.5. The number of anilines is 2. The van der Waals surface area contributed by atoms with Crippen LogP contribution in [-0.2, 0) is 16.4 Å². The molecule has 1 amide bonds. The third-order valence-electron chi connectivity index (χ3n) is 5.27. The van der Waals surface area contributed by atoms with Gasteiger partial charge in [-0.2, -0.15) is 0 Å². The molecule has 1 heterocycles. The van der Waals surface area contributed by atoms with E-state index in [0.717, 1.165) is 22.4 Å². The predicted molar refractivity (Wildman–Crippen MR) is 120 cm³/mol. The molecule has 0 aliphatic carbocycles. The van der Waals surface area contributed by atoms with Crippen molar-refractivity contribution in [1.82, 2.24) is 0 Å². The zero-order valence-corrected chi connectivity index (χ0v) is 18.0. The van der Waals surface area contributed by atoms with Gasteiger partial charge in [-0.3, -0.25) is 9.10 Å². The molecule has 0 unspecified atom stereocenters. The molecule has 1 atom stereocenters. The average molecular weight is 421 g/mol. The number of carbonyl (C=O) groups excluding carboxylic acids is 1. The van der Waals surface area contributed by atoms with Crippen LogP contribution in [0.25, 0.3) is 0 Å².